The molecule has 0 radical (unpaired) electrons. The summed E-state index contributed by atoms with van der Waals surface area (Å²) in [6.45, 7) is 0. The molecule has 0 saturated heterocycles. The summed E-state index contributed by atoms with van der Waals surface area (Å²) in [5.74, 6) is 1.94. The zero-order valence-corrected chi connectivity index (χ0v) is 35.7. The summed E-state index contributed by atoms with van der Waals surface area (Å²) in [4.78, 5) is 16.4. The van der Waals surface area contributed by atoms with Crippen LogP contribution in [-0.4, -0.2) is 15.0 Å². The average Bonchev–Trinajstić information content (AvgIpc) is 4.07. The maximum Gasteiger partial charge on any atom is 0.164 e. The maximum atomic E-state index is 5.51. The molecule has 0 atom stereocenters. The molecule has 3 nitrogen and oxygen atoms in total. The lowest BCUT2D eigenvalue weighted by Gasteiger charge is -2.30. The molecule has 304 valence electrons. The number of hydrogen-bond donors (Lipinski definition) is 0. The Kier molecular flexibility index (Phi) is 7.08. The van der Waals surface area contributed by atoms with E-state index in [0.29, 0.717) is 17.5 Å². The van der Waals surface area contributed by atoms with Crippen LogP contribution in [0.3, 0.4) is 0 Å². The molecule has 0 fully saturated rings. The van der Waals surface area contributed by atoms with Crippen molar-refractivity contribution in [2.45, 2.75) is 10.8 Å². The normalized spacial score (nSPS) is 14.3. The van der Waals surface area contributed by atoms with Crippen LogP contribution < -0.4 is 0 Å². The van der Waals surface area contributed by atoms with Gasteiger partial charge in [0.1, 0.15) is 0 Å². The van der Waals surface area contributed by atoms with E-state index in [0.717, 1.165) is 27.5 Å². The molecule has 2 spiro atoms. The second-order valence-corrected chi connectivity index (χ2v) is 18.1. The fourth-order valence-corrected chi connectivity index (χ4v) is 12.6. The molecule has 0 amide bonds. The molecule has 66 heavy (non-hydrogen) atoms. The SMILES string of the molecule is c1ccc2c(c1)-c1ccccc1C21c2ccccc2-c2ccc(-c3nc(-c4ccc5c(c4)C4(c6ccccc6-c6ccccc64)c4ccccc4-5)nc(-c4cccc5ccccc45)n3)cc21. The second-order valence-electron chi connectivity index (χ2n) is 18.1. The Morgan fingerprint density at radius 1 is 0.227 bits per heavy atom. The highest BCUT2D eigenvalue weighted by molar-refractivity contribution is 5.99. The third-order valence-corrected chi connectivity index (χ3v) is 15.2. The first-order chi connectivity index (χ1) is 32.7. The predicted molar refractivity (Wildman–Crippen MR) is 266 cm³/mol. The lowest BCUT2D eigenvalue weighted by Crippen LogP contribution is -2.26. The molecule has 1 heterocycles. The van der Waals surface area contributed by atoms with Gasteiger partial charge < -0.3 is 0 Å². The summed E-state index contributed by atoms with van der Waals surface area (Å²) in [5.41, 5.74) is 22.4. The average molecular weight is 836 g/mol. The van der Waals surface area contributed by atoms with Gasteiger partial charge in [0.05, 0.1) is 10.8 Å². The molecule has 4 aliphatic carbocycles. The van der Waals surface area contributed by atoms with Crippen LogP contribution in [0, 0.1) is 0 Å². The van der Waals surface area contributed by atoms with Crippen LogP contribution in [0.1, 0.15) is 44.5 Å². The molecule has 0 aliphatic heterocycles. The van der Waals surface area contributed by atoms with Crippen molar-refractivity contribution >= 4 is 10.8 Å². The quantitative estimate of drug-likeness (QED) is 0.178. The minimum atomic E-state index is -0.485. The summed E-state index contributed by atoms with van der Waals surface area (Å²) in [5, 5.41) is 2.25. The molecule has 0 saturated carbocycles. The Hall–Kier alpha value is -8.53. The zero-order chi connectivity index (χ0) is 43.1. The van der Waals surface area contributed by atoms with Crippen molar-refractivity contribution in [2.75, 3.05) is 0 Å². The van der Waals surface area contributed by atoms with Gasteiger partial charge in [0.15, 0.2) is 17.5 Å². The van der Waals surface area contributed by atoms with Gasteiger partial charge in [-0.05, 0) is 112 Å². The Balaban J connectivity index is 0.987. The molecule has 10 aromatic carbocycles. The van der Waals surface area contributed by atoms with E-state index in [4.69, 9.17) is 15.0 Å². The van der Waals surface area contributed by atoms with Crippen LogP contribution in [0.25, 0.3) is 89.4 Å². The molecule has 3 heteroatoms. The summed E-state index contributed by atoms with van der Waals surface area (Å²) in [7, 11) is 0. The van der Waals surface area contributed by atoms with Crippen molar-refractivity contribution in [2.24, 2.45) is 0 Å². The van der Waals surface area contributed by atoms with Gasteiger partial charge in [0, 0.05) is 16.7 Å². The summed E-state index contributed by atoms with van der Waals surface area (Å²) in [6.07, 6.45) is 0. The lowest BCUT2D eigenvalue weighted by molar-refractivity contribution is 0.793. The number of fused-ring (bicyclic) bond motifs is 21. The first kappa shape index (κ1) is 35.9. The van der Waals surface area contributed by atoms with Crippen LogP contribution in [0.15, 0.2) is 224 Å². The smallest absolute Gasteiger partial charge is 0.164 e. The minimum Gasteiger partial charge on any atom is -0.208 e. The second kappa shape index (κ2) is 13.0. The lowest BCUT2D eigenvalue weighted by atomic mass is 9.70. The van der Waals surface area contributed by atoms with Gasteiger partial charge in [-0.2, -0.15) is 0 Å². The molecular weight excluding hydrogens is 799 g/mol. The largest absolute Gasteiger partial charge is 0.208 e. The topological polar surface area (TPSA) is 38.7 Å². The standard InChI is InChI=1S/C63H37N3/c1-2-18-41-38(16-1)17-15-25-50(41)61-65-59(39-32-34-48-46-23-7-13-30-55(46)62(57(48)36-39)51-26-9-3-19-42(51)43-20-4-10-27-52(43)62)64-60(66-61)40-33-35-49-47-24-8-14-31-56(47)63(58(49)37-40)53-28-11-5-21-44(53)45-22-6-12-29-54(45)63/h1-37H. The van der Waals surface area contributed by atoms with Gasteiger partial charge >= 0.3 is 0 Å². The van der Waals surface area contributed by atoms with E-state index in [2.05, 4.69) is 224 Å². The Bertz CT molecular complexity index is 3570. The molecule has 15 rings (SSSR count). The molecule has 0 N–H and O–H groups in total. The molecular formula is C63H37N3. The van der Waals surface area contributed by atoms with Crippen molar-refractivity contribution in [1.82, 2.24) is 15.0 Å². The summed E-state index contributed by atoms with van der Waals surface area (Å²) >= 11 is 0. The van der Waals surface area contributed by atoms with Gasteiger partial charge in [-0.25, -0.2) is 15.0 Å². The first-order valence-corrected chi connectivity index (χ1v) is 22.9. The van der Waals surface area contributed by atoms with Gasteiger partial charge in [-0.1, -0.05) is 212 Å². The number of benzene rings is 10. The van der Waals surface area contributed by atoms with E-state index in [1.807, 2.05) is 0 Å². The van der Waals surface area contributed by atoms with Crippen molar-refractivity contribution in [3.63, 3.8) is 0 Å². The Morgan fingerprint density at radius 2 is 0.530 bits per heavy atom. The molecule has 0 unspecified atom stereocenters. The van der Waals surface area contributed by atoms with E-state index in [9.17, 15) is 0 Å². The highest BCUT2D eigenvalue weighted by Crippen LogP contribution is 2.64. The van der Waals surface area contributed by atoms with Gasteiger partial charge in [-0.3, -0.25) is 0 Å². The summed E-state index contributed by atoms with van der Waals surface area (Å²) < 4.78 is 0. The monoisotopic (exact) mass is 835 g/mol. The third-order valence-electron chi connectivity index (χ3n) is 15.2. The van der Waals surface area contributed by atoms with Gasteiger partial charge in [-0.15, -0.1) is 0 Å². The van der Waals surface area contributed by atoms with Crippen LogP contribution in [0.5, 0.6) is 0 Å². The van der Waals surface area contributed by atoms with Gasteiger partial charge in [0.2, 0.25) is 0 Å². The third kappa shape index (κ3) is 4.44. The minimum absolute atomic E-state index is 0.485. The van der Waals surface area contributed by atoms with Crippen molar-refractivity contribution in [3.8, 4) is 78.7 Å². The van der Waals surface area contributed by atoms with E-state index in [1.54, 1.807) is 0 Å². The maximum absolute atomic E-state index is 5.51. The van der Waals surface area contributed by atoms with E-state index in [-0.39, 0.29) is 0 Å². The highest BCUT2D eigenvalue weighted by atomic mass is 15.0. The number of hydrogen-bond acceptors (Lipinski definition) is 3. The fraction of sp³-hybridized carbons (Fsp3) is 0.0317. The van der Waals surface area contributed by atoms with E-state index >= 15 is 0 Å². The molecule has 11 aromatic rings. The van der Waals surface area contributed by atoms with Crippen LogP contribution in [-0.2, 0) is 10.8 Å². The molecule has 1 aromatic heterocycles. The fourth-order valence-electron chi connectivity index (χ4n) is 12.6. The van der Waals surface area contributed by atoms with E-state index in [1.165, 1.54) is 89.0 Å². The first-order valence-electron chi connectivity index (χ1n) is 22.9. The Morgan fingerprint density at radius 3 is 0.939 bits per heavy atom. The number of aromatic nitrogens is 3. The van der Waals surface area contributed by atoms with Crippen molar-refractivity contribution in [1.29, 1.82) is 0 Å². The van der Waals surface area contributed by atoms with Gasteiger partial charge in [0.25, 0.3) is 0 Å². The van der Waals surface area contributed by atoms with Crippen LogP contribution >= 0.6 is 0 Å². The van der Waals surface area contributed by atoms with Crippen LogP contribution in [0.2, 0.25) is 0 Å². The number of rotatable bonds is 3. The van der Waals surface area contributed by atoms with Crippen LogP contribution in [0.4, 0.5) is 0 Å². The predicted octanol–water partition coefficient (Wildman–Crippen LogP) is 14.7. The molecule has 4 aliphatic rings. The zero-order valence-electron chi connectivity index (χ0n) is 35.7. The summed E-state index contributed by atoms with van der Waals surface area (Å²) in [6, 6.07) is 82.5. The van der Waals surface area contributed by atoms with E-state index < -0.39 is 10.8 Å². The highest BCUT2D eigenvalue weighted by Gasteiger charge is 2.53. The number of nitrogens with zero attached hydrogens (tertiary/aromatic N) is 3. The van der Waals surface area contributed by atoms with Crippen molar-refractivity contribution in [3.05, 3.63) is 269 Å². The molecule has 0 bridgehead atoms. The Labute approximate surface area is 382 Å². The van der Waals surface area contributed by atoms with Crippen molar-refractivity contribution < 1.29 is 0 Å².